The van der Waals surface area contributed by atoms with Crippen LogP contribution in [0.15, 0.2) is 0 Å². The second kappa shape index (κ2) is 8.18. The summed E-state index contributed by atoms with van der Waals surface area (Å²) in [6.45, 7) is 3.21. The maximum atomic E-state index is 11.7. The normalized spacial score (nSPS) is 14.4. The van der Waals surface area contributed by atoms with Crippen LogP contribution in [0.3, 0.4) is 0 Å². The number of rotatable bonds is 8. The van der Waals surface area contributed by atoms with Crippen molar-refractivity contribution in [3.63, 3.8) is 0 Å². The summed E-state index contributed by atoms with van der Waals surface area (Å²) in [6.07, 6.45) is -0.969. The summed E-state index contributed by atoms with van der Waals surface area (Å²) in [5.74, 6) is 0.559. The second-order valence-electron chi connectivity index (χ2n) is 4.39. The average Bonchev–Trinajstić information content (AvgIpc) is 2.07. The smallest absolute Gasteiger partial charge is 0.372 e. The molecule has 0 N–H and O–H groups in total. The van der Waals surface area contributed by atoms with Crippen LogP contribution in [-0.2, 0) is 4.74 Å². The number of unbranched alkanes of at least 4 members (excludes halogenated alkanes) is 1. The Morgan fingerprint density at radius 1 is 1.19 bits per heavy atom. The molecule has 98 valence electrons. The first-order chi connectivity index (χ1) is 7.31. The van der Waals surface area contributed by atoms with Gasteiger partial charge in [-0.25, -0.2) is 0 Å². The van der Waals surface area contributed by atoms with Gasteiger partial charge in [0.1, 0.15) is 6.61 Å². The highest BCUT2D eigenvalue weighted by Gasteiger charge is 2.27. The molecular weight excluding hydrogens is 241 g/mol. The van der Waals surface area contributed by atoms with E-state index in [9.17, 15) is 13.2 Å². The van der Waals surface area contributed by atoms with Crippen LogP contribution in [0.2, 0.25) is 0 Å². The summed E-state index contributed by atoms with van der Waals surface area (Å²) < 4.78 is 39.6. The van der Waals surface area contributed by atoms with Crippen LogP contribution < -0.4 is 0 Å². The van der Waals surface area contributed by atoms with Crippen LogP contribution in [0.5, 0.6) is 0 Å². The van der Waals surface area contributed by atoms with E-state index in [1.54, 1.807) is 0 Å². The quantitative estimate of drug-likeness (QED) is 0.465. The zero-order valence-corrected chi connectivity index (χ0v) is 10.6. The van der Waals surface area contributed by atoms with E-state index in [-0.39, 0.29) is 12.0 Å². The molecule has 5 heteroatoms. The van der Waals surface area contributed by atoms with E-state index in [0.717, 1.165) is 19.3 Å². The lowest BCUT2D eigenvalue weighted by Gasteiger charge is -2.12. The molecule has 0 aliphatic rings. The highest BCUT2D eigenvalue weighted by Crippen LogP contribution is 2.17. The molecule has 0 saturated heterocycles. The Morgan fingerprint density at radius 2 is 1.81 bits per heavy atom. The molecule has 0 aromatic heterocycles. The van der Waals surface area contributed by atoms with Crippen molar-refractivity contribution in [2.45, 2.75) is 51.1 Å². The van der Waals surface area contributed by atoms with Crippen molar-refractivity contribution in [2.24, 2.45) is 5.92 Å². The first kappa shape index (κ1) is 16.0. The molecule has 0 aliphatic heterocycles. The molecule has 0 bridgehead atoms. The monoisotopic (exact) mass is 260 g/mol. The molecule has 1 nitrogen and oxygen atoms in total. The van der Waals surface area contributed by atoms with Crippen LogP contribution >= 0.6 is 11.6 Å². The maximum Gasteiger partial charge on any atom is 0.411 e. The van der Waals surface area contributed by atoms with E-state index in [0.29, 0.717) is 12.3 Å². The molecule has 0 amide bonds. The van der Waals surface area contributed by atoms with Gasteiger partial charge in [0.2, 0.25) is 0 Å². The topological polar surface area (TPSA) is 9.23 Å². The highest BCUT2D eigenvalue weighted by molar-refractivity contribution is 6.20. The van der Waals surface area contributed by atoms with Crippen molar-refractivity contribution in [2.75, 3.05) is 13.2 Å². The summed E-state index contributed by atoms with van der Waals surface area (Å²) in [6, 6.07) is 0. The van der Waals surface area contributed by atoms with Gasteiger partial charge in [-0.1, -0.05) is 13.8 Å². The van der Waals surface area contributed by atoms with Gasteiger partial charge in [-0.2, -0.15) is 13.2 Å². The Balaban J connectivity index is 3.27. The van der Waals surface area contributed by atoms with Gasteiger partial charge >= 0.3 is 6.18 Å². The minimum atomic E-state index is -4.22. The molecule has 16 heavy (non-hydrogen) atoms. The Kier molecular flexibility index (Phi) is 8.20. The molecule has 0 saturated carbocycles. The first-order valence-corrected chi connectivity index (χ1v) is 6.03. The van der Waals surface area contributed by atoms with E-state index >= 15 is 0 Å². The van der Waals surface area contributed by atoms with Crippen molar-refractivity contribution < 1.29 is 17.9 Å². The van der Waals surface area contributed by atoms with Gasteiger partial charge < -0.3 is 4.74 Å². The molecule has 0 spiro atoms. The number of halogens is 4. The molecule has 0 aliphatic carbocycles. The van der Waals surface area contributed by atoms with Gasteiger partial charge in [-0.15, -0.1) is 11.6 Å². The third-order valence-electron chi connectivity index (χ3n) is 2.05. The van der Waals surface area contributed by atoms with E-state index < -0.39 is 12.8 Å². The maximum absolute atomic E-state index is 11.7. The van der Waals surface area contributed by atoms with Crippen LogP contribution in [0.25, 0.3) is 0 Å². The Morgan fingerprint density at radius 3 is 2.31 bits per heavy atom. The summed E-state index contributed by atoms with van der Waals surface area (Å²) in [5.41, 5.74) is 0. The fourth-order valence-corrected chi connectivity index (χ4v) is 1.90. The van der Waals surface area contributed by atoms with Gasteiger partial charge in [0.05, 0.1) is 0 Å². The molecule has 0 radical (unpaired) electrons. The summed E-state index contributed by atoms with van der Waals surface area (Å²) >= 11 is 6.04. The van der Waals surface area contributed by atoms with Crippen molar-refractivity contribution in [3.8, 4) is 0 Å². The Bertz CT molecular complexity index is 171. The highest BCUT2D eigenvalue weighted by atomic mass is 35.5. The molecule has 1 atom stereocenters. The average molecular weight is 261 g/mol. The van der Waals surface area contributed by atoms with Crippen molar-refractivity contribution in [1.82, 2.24) is 0 Å². The zero-order valence-electron chi connectivity index (χ0n) is 9.82. The van der Waals surface area contributed by atoms with Gasteiger partial charge in [-0.05, 0) is 31.6 Å². The van der Waals surface area contributed by atoms with Crippen molar-refractivity contribution >= 4 is 11.6 Å². The van der Waals surface area contributed by atoms with Crippen LogP contribution in [0, 0.1) is 5.92 Å². The van der Waals surface area contributed by atoms with E-state index in [2.05, 4.69) is 18.6 Å². The van der Waals surface area contributed by atoms with Gasteiger partial charge in [0, 0.05) is 12.0 Å². The SMILES string of the molecule is CC(C)CC(Cl)CCCCOCC(F)(F)F. The van der Waals surface area contributed by atoms with E-state index in [1.807, 2.05) is 0 Å². The molecule has 0 rings (SSSR count). The number of ether oxygens (including phenoxy) is 1. The number of alkyl halides is 4. The number of hydrogen-bond donors (Lipinski definition) is 0. The molecule has 0 heterocycles. The minimum Gasteiger partial charge on any atom is -0.372 e. The van der Waals surface area contributed by atoms with E-state index in [4.69, 9.17) is 11.6 Å². The summed E-state index contributed by atoms with van der Waals surface area (Å²) in [5, 5.41) is 0.127. The second-order valence-corrected chi connectivity index (χ2v) is 5.01. The van der Waals surface area contributed by atoms with Gasteiger partial charge in [-0.3, -0.25) is 0 Å². The third-order valence-corrected chi connectivity index (χ3v) is 2.45. The van der Waals surface area contributed by atoms with Crippen LogP contribution in [0.4, 0.5) is 13.2 Å². The fraction of sp³-hybridized carbons (Fsp3) is 1.00. The van der Waals surface area contributed by atoms with Crippen LogP contribution in [-0.4, -0.2) is 24.8 Å². The lowest BCUT2D eigenvalue weighted by atomic mass is 10.0. The van der Waals surface area contributed by atoms with Crippen molar-refractivity contribution in [3.05, 3.63) is 0 Å². The largest absolute Gasteiger partial charge is 0.411 e. The van der Waals surface area contributed by atoms with Gasteiger partial charge in [0.15, 0.2) is 0 Å². The van der Waals surface area contributed by atoms with Gasteiger partial charge in [0.25, 0.3) is 0 Å². The number of hydrogen-bond acceptors (Lipinski definition) is 1. The standard InChI is InChI=1S/C11H20ClF3O/c1-9(2)7-10(12)5-3-4-6-16-8-11(13,14)15/h9-10H,3-8H2,1-2H3. The zero-order chi connectivity index (χ0) is 12.6. The molecular formula is C11H20ClF3O. The molecule has 1 unspecified atom stereocenters. The Labute approximate surface area is 100 Å². The third kappa shape index (κ3) is 12.1. The predicted molar refractivity (Wildman–Crippen MR) is 59.8 cm³/mol. The summed E-state index contributed by atoms with van der Waals surface area (Å²) in [7, 11) is 0. The van der Waals surface area contributed by atoms with Crippen molar-refractivity contribution in [1.29, 1.82) is 0 Å². The predicted octanol–water partition coefficient (Wildman–Crippen LogP) is 4.39. The van der Waals surface area contributed by atoms with E-state index in [1.165, 1.54) is 0 Å². The minimum absolute atomic E-state index is 0.127. The molecule has 0 aromatic carbocycles. The summed E-state index contributed by atoms with van der Waals surface area (Å²) in [4.78, 5) is 0. The molecule has 0 fully saturated rings. The Hall–Kier alpha value is 0.0400. The molecule has 0 aromatic rings. The lowest BCUT2D eigenvalue weighted by molar-refractivity contribution is -0.174. The lowest BCUT2D eigenvalue weighted by Crippen LogP contribution is -2.17. The fourth-order valence-electron chi connectivity index (χ4n) is 1.39. The first-order valence-electron chi connectivity index (χ1n) is 5.60. The van der Waals surface area contributed by atoms with Crippen LogP contribution in [0.1, 0.15) is 39.5 Å².